The van der Waals surface area contributed by atoms with Crippen molar-refractivity contribution >= 4 is 33.5 Å². The van der Waals surface area contributed by atoms with E-state index in [1.54, 1.807) is 0 Å². The summed E-state index contributed by atoms with van der Waals surface area (Å²) < 4.78 is 69.2. The Bertz CT molecular complexity index is 963. The molecule has 28 heavy (non-hydrogen) atoms. The van der Waals surface area contributed by atoms with Crippen LogP contribution < -0.4 is 14.2 Å². The Morgan fingerprint density at radius 3 is 2.21 bits per heavy atom. The maximum atomic E-state index is 12.2. The summed E-state index contributed by atoms with van der Waals surface area (Å²) >= 11 is 5.96. The topological polar surface area (TPSA) is 84.9 Å². The SMILES string of the molecule is CN(C)S(=O)(=O)Oc1ccc(C(=O)Nc2ccc(OC(F)(F)F)cc2)cc1Cl. The highest BCUT2D eigenvalue weighted by Gasteiger charge is 2.31. The van der Waals surface area contributed by atoms with Crippen LogP contribution in [0, 0.1) is 0 Å². The largest absolute Gasteiger partial charge is 0.573 e. The Balaban J connectivity index is 2.09. The lowest BCUT2D eigenvalue weighted by Crippen LogP contribution is -2.27. The predicted molar refractivity (Wildman–Crippen MR) is 95.8 cm³/mol. The monoisotopic (exact) mass is 438 g/mol. The summed E-state index contributed by atoms with van der Waals surface area (Å²) in [4.78, 5) is 12.2. The predicted octanol–water partition coefficient (Wildman–Crippen LogP) is 3.68. The molecule has 0 saturated carbocycles. The first kappa shape index (κ1) is 21.8. The molecule has 0 radical (unpaired) electrons. The van der Waals surface area contributed by atoms with Gasteiger partial charge in [-0.3, -0.25) is 4.79 Å². The summed E-state index contributed by atoms with van der Waals surface area (Å²) in [7, 11) is -1.47. The summed E-state index contributed by atoms with van der Waals surface area (Å²) in [6.45, 7) is 0. The summed E-state index contributed by atoms with van der Waals surface area (Å²) in [6, 6.07) is 8.21. The number of nitrogens with one attached hydrogen (secondary N) is 1. The van der Waals surface area contributed by atoms with Crippen molar-refractivity contribution < 1.29 is 35.3 Å². The van der Waals surface area contributed by atoms with E-state index < -0.39 is 28.3 Å². The molecule has 1 amide bonds. The molecule has 0 aliphatic carbocycles. The van der Waals surface area contributed by atoms with Gasteiger partial charge < -0.3 is 14.2 Å². The molecule has 2 aromatic rings. The number of ether oxygens (including phenoxy) is 1. The smallest absolute Gasteiger partial charge is 0.406 e. The number of hydrogen-bond acceptors (Lipinski definition) is 5. The van der Waals surface area contributed by atoms with Crippen LogP contribution in [0.4, 0.5) is 18.9 Å². The molecule has 12 heteroatoms. The molecule has 7 nitrogen and oxygen atoms in total. The molecule has 0 atom stereocenters. The Hall–Kier alpha value is -2.50. The average Bonchev–Trinajstić information content (AvgIpc) is 2.56. The lowest BCUT2D eigenvalue weighted by atomic mass is 10.2. The van der Waals surface area contributed by atoms with Crippen LogP contribution in [0.2, 0.25) is 5.02 Å². The number of anilines is 1. The zero-order chi connectivity index (χ0) is 21.1. The van der Waals surface area contributed by atoms with Crippen molar-refractivity contribution in [1.82, 2.24) is 4.31 Å². The van der Waals surface area contributed by atoms with Crippen molar-refractivity contribution in [2.45, 2.75) is 6.36 Å². The number of carbonyl (C=O) groups excluding carboxylic acids is 1. The van der Waals surface area contributed by atoms with Gasteiger partial charge in [-0.05, 0) is 42.5 Å². The summed E-state index contributed by atoms with van der Waals surface area (Å²) in [5.74, 6) is -1.22. The van der Waals surface area contributed by atoms with Gasteiger partial charge in [-0.2, -0.15) is 12.7 Å². The molecular weight excluding hydrogens is 425 g/mol. The van der Waals surface area contributed by atoms with Gasteiger partial charge in [0, 0.05) is 25.3 Å². The standard InChI is InChI=1S/C16H14ClF3N2O5S/c1-22(2)28(24,25)27-14-8-3-10(9-13(14)17)15(23)21-11-4-6-12(7-5-11)26-16(18,19)20/h3-9H,1-2H3,(H,21,23). The Morgan fingerprint density at radius 1 is 1.11 bits per heavy atom. The quantitative estimate of drug-likeness (QED) is 0.743. The number of hydrogen-bond donors (Lipinski definition) is 1. The minimum absolute atomic E-state index is 0.0789. The van der Waals surface area contributed by atoms with Crippen LogP contribution in [-0.2, 0) is 10.3 Å². The molecule has 0 heterocycles. The highest BCUT2D eigenvalue weighted by Crippen LogP contribution is 2.28. The number of rotatable bonds is 6. The van der Waals surface area contributed by atoms with E-state index in [1.165, 1.54) is 44.4 Å². The lowest BCUT2D eigenvalue weighted by Gasteiger charge is -2.13. The van der Waals surface area contributed by atoms with E-state index in [2.05, 4.69) is 10.1 Å². The second kappa shape index (κ2) is 8.25. The minimum atomic E-state index is -4.81. The van der Waals surface area contributed by atoms with Crippen LogP contribution in [0.15, 0.2) is 42.5 Å². The fourth-order valence-corrected chi connectivity index (χ4v) is 2.63. The first-order valence-electron chi connectivity index (χ1n) is 7.46. The summed E-state index contributed by atoms with van der Waals surface area (Å²) in [6.07, 6.45) is -4.81. The second-order valence-corrected chi connectivity index (χ2v) is 7.65. The molecule has 1 N–H and O–H groups in total. The molecule has 0 aromatic heterocycles. The van der Waals surface area contributed by atoms with Crippen LogP contribution in [0.5, 0.6) is 11.5 Å². The second-order valence-electron chi connectivity index (χ2n) is 5.49. The molecular formula is C16H14ClF3N2O5S. The number of nitrogens with zero attached hydrogens (tertiary/aromatic N) is 1. The lowest BCUT2D eigenvalue weighted by molar-refractivity contribution is -0.274. The maximum absolute atomic E-state index is 12.2. The maximum Gasteiger partial charge on any atom is 0.573 e. The number of benzene rings is 2. The zero-order valence-corrected chi connectivity index (χ0v) is 16.0. The third-order valence-corrected chi connectivity index (χ3v) is 4.76. The average molecular weight is 439 g/mol. The summed E-state index contributed by atoms with van der Waals surface area (Å²) in [5.41, 5.74) is 0.293. The number of halogens is 4. The van der Waals surface area contributed by atoms with Crippen LogP contribution in [0.25, 0.3) is 0 Å². The van der Waals surface area contributed by atoms with Gasteiger partial charge in [0.05, 0.1) is 5.02 Å². The summed E-state index contributed by atoms with van der Waals surface area (Å²) in [5, 5.41) is 2.34. The number of alkyl halides is 3. The van der Waals surface area contributed by atoms with Gasteiger partial charge in [0.2, 0.25) is 0 Å². The fraction of sp³-hybridized carbons (Fsp3) is 0.188. The molecule has 0 spiro atoms. The minimum Gasteiger partial charge on any atom is -0.406 e. The van der Waals surface area contributed by atoms with Crippen LogP contribution in [0.1, 0.15) is 10.4 Å². The Morgan fingerprint density at radius 2 is 1.71 bits per heavy atom. The molecule has 0 unspecified atom stereocenters. The Labute approximate surface area is 163 Å². The van der Waals surface area contributed by atoms with Crippen molar-refractivity contribution in [1.29, 1.82) is 0 Å². The van der Waals surface area contributed by atoms with E-state index in [0.717, 1.165) is 16.4 Å². The van der Waals surface area contributed by atoms with E-state index >= 15 is 0 Å². The van der Waals surface area contributed by atoms with Gasteiger partial charge in [-0.15, -0.1) is 13.2 Å². The molecule has 2 aromatic carbocycles. The van der Waals surface area contributed by atoms with E-state index in [0.29, 0.717) is 0 Å². The van der Waals surface area contributed by atoms with E-state index in [1.807, 2.05) is 0 Å². The zero-order valence-electron chi connectivity index (χ0n) is 14.5. The van der Waals surface area contributed by atoms with Gasteiger partial charge in [0.1, 0.15) is 5.75 Å². The van der Waals surface area contributed by atoms with Crippen molar-refractivity contribution in [3.05, 3.63) is 53.1 Å². The van der Waals surface area contributed by atoms with Crippen LogP contribution in [-0.4, -0.2) is 39.1 Å². The molecule has 0 fully saturated rings. The third kappa shape index (κ3) is 6.01. The van der Waals surface area contributed by atoms with Crippen molar-refractivity contribution in [3.63, 3.8) is 0 Å². The highest BCUT2D eigenvalue weighted by molar-refractivity contribution is 7.84. The number of carbonyl (C=O) groups is 1. The van der Waals surface area contributed by atoms with E-state index in [4.69, 9.17) is 15.8 Å². The molecule has 0 aliphatic heterocycles. The van der Waals surface area contributed by atoms with Gasteiger partial charge in [-0.25, -0.2) is 0 Å². The van der Waals surface area contributed by atoms with Gasteiger partial charge in [0.15, 0.2) is 5.75 Å². The molecule has 0 aliphatic rings. The first-order valence-corrected chi connectivity index (χ1v) is 9.20. The van der Waals surface area contributed by atoms with Crippen LogP contribution in [0.3, 0.4) is 0 Å². The molecule has 2 rings (SSSR count). The van der Waals surface area contributed by atoms with Crippen LogP contribution >= 0.6 is 11.6 Å². The van der Waals surface area contributed by atoms with Gasteiger partial charge in [-0.1, -0.05) is 11.6 Å². The van der Waals surface area contributed by atoms with Crippen molar-refractivity contribution in [2.75, 3.05) is 19.4 Å². The van der Waals surface area contributed by atoms with E-state index in [-0.39, 0.29) is 22.0 Å². The Kier molecular flexibility index (Phi) is 6.42. The number of amides is 1. The molecule has 0 saturated heterocycles. The van der Waals surface area contributed by atoms with E-state index in [9.17, 15) is 26.4 Å². The highest BCUT2D eigenvalue weighted by atomic mass is 35.5. The van der Waals surface area contributed by atoms with Crippen molar-refractivity contribution in [3.8, 4) is 11.5 Å². The van der Waals surface area contributed by atoms with Crippen molar-refractivity contribution in [2.24, 2.45) is 0 Å². The molecule has 0 bridgehead atoms. The van der Waals surface area contributed by atoms with Gasteiger partial charge in [0.25, 0.3) is 5.91 Å². The van der Waals surface area contributed by atoms with Gasteiger partial charge >= 0.3 is 16.7 Å². The third-order valence-electron chi connectivity index (χ3n) is 3.18. The molecule has 152 valence electrons. The first-order chi connectivity index (χ1) is 12.9. The fourth-order valence-electron chi connectivity index (χ4n) is 1.84. The normalized spacial score (nSPS) is 12.0.